The van der Waals surface area contributed by atoms with E-state index in [-0.39, 0.29) is 0 Å². The average molecular weight is 383 g/mol. The Kier molecular flexibility index (Phi) is 5.76. The molecule has 0 unspecified atom stereocenters. The lowest BCUT2D eigenvalue weighted by molar-refractivity contribution is 0.340. The van der Waals surface area contributed by atoms with Crippen LogP contribution in [0.1, 0.15) is 18.1 Å². The molecule has 29 heavy (non-hydrogen) atoms. The van der Waals surface area contributed by atoms with E-state index in [0.29, 0.717) is 6.61 Å². The van der Waals surface area contributed by atoms with Crippen molar-refractivity contribution in [2.75, 3.05) is 13.2 Å². The lowest BCUT2D eigenvalue weighted by Crippen LogP contribution is -2.06. The highest BCUT2D eigenvalue weighted by Gasteiger charge is 2.07. The van der Waals surface area contributed by atoms with Crippen LogP contribution in [0.15, 0.2) is 88.3 Å². The number of fused-ring (bicyclic) bond motifs is 1. The van der Waals surface area contributed by atoms with Gasteiger partial charge in [0.1, 0.15) is 17.1 Å². The van der Waals surface area contributed by atoms with Gasteiger partial charge in [-0.3, -0.25) is 4.99 Å². The maximum Gasteiger partial charge on any atom is 0.137 e. The monoisotopic (exact) mass is 383 g/mol. The predicted molar refractivity (Wildman–Crippen MR) is 118 cm³/mol. The lowest BCUT2D eigenvalue weighted by atomic mass is 10.1. The molecule has 3 nitrogen and oxygen atoms in total. The van der Waals surface area contributed by atoms with Gasteiger partial charge in [0.2, 0.25) is 0 Å². The van der Waals surface area contributed by atoms with Crippen molar-refractivity contribution in [3.8, 4) is 17.1 Å². The van der Waals surface area contributed by atoms with Gasteiger partial charge < -0.3 is 9.15 Å². The summed E-state index contributed by atoms with van der Waals surface area (Å²) in [6.45, 7) is 5.42. The minimum Gasteiger partial charge on any atom is -0.494 e. The Balaban J connectivity index is 1.77. The van der Waals surface area contributed by atoms with Crippen molar-refractivity contribution in [3.63, 3.8) is 0 Å². The Morgan fingerprint density at radius 3 is 2.45 bits per heavy atom. The summed E-state index contributed by atoms with van der Waals surface area (Å²) in [5.41, 5.74) is 4.37. The molecule has 3 aromatic carbocycles. The van der Waals surface area contributed by atoms with Crippen LogP contribution >= 0.6 is 0 Å². The highest BCUT2D eigenvalue weighted by molar-refractivity contribution is 5.80. The fraction of sp³-hybridized carbons (Fsp3) is 0.192. The van der Waals surface area contributed by atoms with Gasteiger partial charge in [-0.15, -0.1) is 0 Å². The number of rotatable bonds is 6. The second kappa shape index (κ2) is 8.78. The van der Waals surface area contributed by atoms with Crippen LogP contribution in [0.2, 0.25) is 0 Å². The van der Waals surface area contributed by atoms with Crippen LogP contribution in [0.5, 0.6) is 5.75 Å². The van der Waals surface area contributed by atoms with Gasteiger partial charge in [0.25, 0.3) is 0 Å². The second-order valence-electron chi connectivity index (χ2n) is 7.07. The van der Waals surface area contributed by atoms with Gasteiger partial charge in [-0.2, -0.15) is 0 Å². The van der Waals surface area contributed by atoms with Gasteiger partial charge in [0, 0.05) is 23.6 Å². The van der Waals surface area contributed by atoms with E-state index in [0.717, 1.165) is 46.4 Å². The molecule has 1 aromatic heterocycles. The van der Waals surface area contributed by atoms with E-state index in [1.807, 2.05) is 37.3 Å². The highest BCUT2D eigenvalue weighted by Crippen LogP contribution is 2.25. The fourth-order valence-electron chi connectivity index (χ4n) is 3.35. The molecule has 0 radical (unpaired) electrons. The summed E-state index contributed by atoms with van der Waals surface area (Å²) < 4.78 is 11.9. The zero-order valence-electron chi connectivity index (χ0n) is 16.9. The van der Waals surface area contributed by atoms with Crippen molar-refractivity contribution in [2.24, 2.45) is 4.99 Å². The zero-order valence-corrected chi connectivity index (χ0v) is 16.9. The van der Waals surface area contributed by atoms with Crippen molar-refractivity contribution in [1.29, 1.82) is 0 Å². The molecule has 0 fully saturated rings. The number of aryl methyl sites for hydroxylation is 1. The summed E-state index contributed by atoms with van der Waals surface area (Å²) >= 11 is 0. The van der Waals surface area contributed by atoms with E-state index >= 15 is 0 Å². The van der Waals surface area contributed by atoms with Gasteiger partial charge >= 0.3 is 0 Å². The third kappa shape index (κ3) is 4.57. The maximum atomic E-state index is 6.21. The largest absolute Gasteiger partial charge is 0.494 e. The molecular weight excluding hydrogens is 358 g/mol. The Bertz CT molecular complexity index is 1160. The topological polar surface area (TPSA) is 34.7 Å². The van der Waals surface area contributed by atoms with Crippen molar-refractivity contribution in [3.05, 3.63) is 95.3 Å². The normalized spacial score (nSPS) is 11.7. The zero-order chi connectivity index (χ0) is 20.1. The minimum atomic E-state index is 0.630. The van der Waals surface area contributed by atoms with Gasteiger partial charge in [0.15, 0.2) is 0 Å². The molecule has 0 bridgehead atoms. The van der Waals surface area contributed by atoms with Gasteiger partial charge in [-0.1, -0.05) is 60.2 Å². The molecule has 146 valence electrons. The smallest absolute Gasteiger partial charge is 0.137 e. The van der Waals surface area contributed by atoms with Gasteiger partial charge in [-0.05, 0) is 44.0 Å². The Morgan fingerprint density at radius 2 is 1.69 bits per heavy atom. The molecule has 0 atom stereocenters. The molecule has 3 heteroatoms. The second-order valence-corrected chi connectivity index (χ2v) is 7.07. The summed E-state index contributed by atoms with van der Waals surface area (Å²) in [5, 5.41) is 1.90. The van der Waals surface area contributed by atoms with E-state index < -0.39 is 0 Å². The van der Waals surface area contributed by atoms with Crippen LogP contribution in [0, 0.1) is 6.92 Å². The van der Waals surface area contributed by atoms with Crippen molar-refractivity contribution in [1.82, 2.24) is 0 Å². The fourth-order valence-corrected chi connectivity index (χ4v) is 3.35. The summed E-state index contributed by atoms with van der Waals surface area (Å²) in [4.78, 5) is 4.92. The van der Waals surface area contributed by atoms with Crippen LogP contribution in [0.25, 0.3) is 22.3 Å². The third-order valence-electron chi connectivity index (χ3n) is 4.89. The van der Waals surface area contributed by atoms with Crippen LogP contribution in [-0.4, -0.2) is 13.2 Å². The first kappa shape index (κ1) is 19.0. The molecule has 0 aliphatic heterocycles. The van der Waals surface area contributed by atoms with Gasteiger partial charge in [0.05, 0.1) is 12.0 Å². The number of benzene rings is 3. The summed E-state index contributed by atoms with van der Waals surface area (Å²) in [7, 11) is 0. The summed E-state index contributed by atoms with van der Waals surface area (Å²) in [5.74, 6) is 1.65. The summed E-state index contributed by atoms with van der Waals surface area (Å²) in [6.07, 6.45) is 0.902. The summed E-state index contributed by atoms with van der Waals surface area (Å²) in [6, 6.07) is 26.8. The van der Waals surface area contributed by atoms with Crippen molar-refractivity contribution < 1.29 is 9.15 Å². The molecule has 0 aliphatic carbocycles. The quantitative estimate of drug-likeness (QED) is 0.412. The molecular formula is C26H25NO2. The first-order valence-corrected chi connectivity index (χ1v) is 10.0. The maximum absolute atomic E-state index is 6.21. The molecule has 0 saturated carbocycles. The van der Waals surface area contributed by atoms with Crippen LogP contribution in [-0.2, 0) is 6.42 Å². The Hall–Kier alpha value is -3.33. The standard InChI is InChI=1S/C26H25NO2/c1-3-28-22-13-14-25-23(17-22)24(27-16-15-20-7-5-4-6-8-20)18-26(29-25)21-11-9-19(2)10-12-21/h4-14,17-18H,3,15-16H2,1-2H3. The average Bonchev–Trinajstić information content (AvgIpc) is 2.75. The molecule has 0 amide bonds. The third-order valence-corrected chi connectivity index (χ3v) is 4.89. The lowest BCUT2D eigenvalue weighted by Gasteiger charge is -2.08. The van der Waals surface area contributed by atoms with Gasteiger partial charge in [-0.25, -0.2) is 0 Å². The minimum absolute atomic E-state index is 0.630. The molecule has 1 heterocycles. The SMILES string of the molecule is CCOc1ccc2oc(-c3ccc(C)cc3)cc(=NCCc3ccccc3)c2c1. The molecule has 0 N–H and O–H groups in total. The highest BCUT2D eigenvalue weighted by atomic mass is 16.5. The Morgan fingerprint density at radius 1 is 0.897 bits per heavy atom. The van der Waals surface area contributed by atoms with Crippen molar-refractivity contribution >= 4 is 11.0 Å². The molecule has 0 aliphatic rings. The van der Waals surface area contributed by atoms with E-state index in [4.69, 9.17) is 14.1 Å². The van der Waals surface area contributed by atoms with E-state index in [1.54, 1.807) is 0 Å². The van der Waals surface area contributed by atoms with E-state index in [9.17, 15) is 0 Å². The predicted octanol–water partition coefficient (Wildman–Crippen LogP) is 5.95. The number of hydrogen-bond acceptors (Lipinski definition) is 3. The number of hydrogen-bond donors (Lipinski definition) is 0. The molecule has 0 saturated heterocycles. The van der Waals surface area contributed by atoms with Crippen molar-refractivity contribution in [2.45, 2.75) is 20.3 Å². The first-order chi connectivity index (χ1) is 14.2. The van der Waals surface area contributed by atoms with Crippen LogP contribution in [0.3, 0.4) is 0 Å². The number of ether oxygens (including phenoxy) is 1. The van der Waals surface area contributed by atoms with Crippen LogP contribution < -0.4 is 10.1 Å². The van der Waals surface area contributed by atoms with Crippen LogP contribution in [0.4, 0.5) is 0 Å². The van der Waals surface area contributed by atoms with E-state index in [1.165, 1.54) is 11.1 Å². The van der Waals surface area contributed by atoms with E-state index in [2.05, 4.69) is 55.5 Å². The number of nitrogens with zero attached hydrogens (tertiary/aromatic N) is 1. The molecule has 4 rings (SSSR count). The Labute approximate surface area is 171 Å². The molecule has 0 spiro atoms. The first-order valence-electron chi connectivity index (χ1n) is 10.0. The molecule has 4 aromatic rings.